The quantitative estimate of drug-likeness (QED) is 0.849. The van der Waals surface area contributed by atoms with Crippen LogP contribution in [0.4, 0.5) is 4.39 Å². The van der Waals surface area contributed by atoms with Gasteiger partial charge in [0.05, 0.1) is 18.4 Å². The molecule has 0 spiro atoms. The number of carbonyl (C=O) groups excluding carboxylic acids is 1. The first-order chi connectivity index (χ1) is 8.65. The summed E-state index contributed by atoms with van der Waals surface area (Å²) >= 11 is 0. The summed E-state index contributed by atoms with van der Waals surface area (Å²) in [7, 11) is 0. The molecule has 0 aromatic carbocycles. The first-order valence-electron chi connectivity index (χ1n) is 6.28. The molecule has 98 valence electrons. The smallest absolute Gasteiger partial charge is 0.220 e. The van der Waals surface area contributed by atoms with Gasteiger partial charge >= 0.3 is 0 Å². The number of pyridine rings is 1. The molecule has 2 atom stereocenters. The van der Waals surface area contributed by atoms with E-state index >= 15 is 0 Å². The summed E-state index contributed by atoms with van der Waals surface area (Å²) in [4.78, 5) is 15.6. The standard InChI is InChI=1S/C13H18FN3O/c14-10-4-5-11(16-7-10)8-17-13(18)6-9-2-1-3-12(9)15/h4-5,7,9,12H,1-3,6,8,15H2,(H,17,18)/t9-,12+/m0/s1. The minimum absolute atomic E-state index is 0.0107. The lowest BCUT2D eigenvalue weighted by molar-refractivity contribution is -0.122. The van der Waals surface area contributed by atoms with E-state index in [1.54, 1.807) is 6.07 Å². The number of carbonyl (C=O) groups is 1. The Labute approximate surface area is 106 Å². The molecule has 2 rings (SSSR count). The SMILES string of the molecule is N[C@@H]1CCC[C@H]1CC(=O)NCc1ccc(F)cn1. The molecule has 1 saturated carbocycles. The van der Waals surface area contributed by atoms with Crippen molar-refractivity contribution in [3.8, 4) is 0 Å². The fraction of sp³-hybridized carbons (Fsp3) is 0.538. The van der Waals surface area contributed by atoms with Crippen LogP contribution in [0.15, 0.2) is 18.3 Å². The maximum absolute atomic E-state index is 12.6. The Kier molecular flexibility index (Phi) is 4.25. The average molecular weight is 251 g/mol. The van der Waals surface area contributed by atoms with Crippen LogP contribution in [0.3, 0.4) is 0 Å². The summed E-state index contributed by atoms with van der Waals surface area (Å²) in [5.41, 5.74) is 6.57. The second-order valence-corrected chi connectivity index (χ2v) is 4.80. The average Bonchev–Trinajstić information content (AvgIpc) is 2.74. The minimum Gasteiger partial charge on any atom is -0.350 e. The van der Waals surface area contributed by atoms with Crippen LogP contribution in [0, 0.1) is 11.7 Å². The van der Waals surface area contributed by atoms with Crippen LogP contribution < -0.4 is 11.1 Å². The summed E-state index contributed by atoms with van der Waals surface area (Å²) in [5.74, 6) is -0.0864. The first kappa shape index (κ1) is 13.0. The molecular formula is C13H18FN3O. The molecule has 0 radical (unpaired) electrons. The van der Waals surface area contributed by atoms with E-state index in [2.05, 4.69) is 10.3 Å². The molecule has 1 fully saturated rings. The zero-order chi connectivity index (χ0) is 13.0. The lowest BCUT2D eigenvalue weighted by Gasteiger charge is -2.14. The monoisotopic (exact) mass is 251 g/mol. The van der Waals surface area contributed by atoms with Crippen LogP contribution >= 0.6 is 0 Å². The highest BCUT2D eigenvalue weighted by Gasteiger charge is 2.25. The molecule has 1 aliphatic carbocycles. The predicted molar refractivity (Wildman–Crippen MR) is 66.0 cm³/mol. The van der Waals surface area contributed by atoms with Crippen LogP contribution in [0.25, 0.3) is 0 Å². The van der Waals surface area contributed by atoms with Crippen molar-refractivity contribution in [3.63, 3.8) is 0 Å². The van der Waals surface area contributed by atoms with E-state index in [4.69, 9.17) is 5.73 Å². The summed E-state index contributed by atoms with van der Waals surface area (Å²) < 4.78 is 12.6. The van der Waals surface area contributed by atoms with E-state index in [-0.39, 0.29) is 17.8 Å². The van der Waals surface area contributed by atoms with Crippen LogP contribution in [-0.2, 0) is 11.3 Å². The van der Waals surface area contributed by atoms with Gasteiger partial charge in [0.25, 0.3) is 0 Å². The van der Waals surface area contributed by atoms with Crippen LogP contribution in [0.2, 0.25) is 0 Å². The second-order valence-electron chi connectivity index (χ2n) is 4.80. The van der Waals surface area contributed by atoms with Crippen molar-refractivity contribution in [2.75, 3.05) is 0 Å². The van der Waals surface area contributed by atoms with Gasteiger partial charge in [-0.15, -0.1) is 0 Å². The molecule has 0 aliphatic heterocycles. The molecule has 3 N–H and O–H groups in total. The number of amides is 1. The fourth-order valence-electron chi connectivity index (χ4n) is 2.33. The van der Waals surface area contributed by atoms with Crippen molar-refractivity contribution in [1.82, 2.24) is 10.3 Å². The second kappa shape index (κ2) is 5.91. The van der Waals surface area contributed by atoms with Crippen LogP contribution in [-0.4, -0.2) is 16.9 Å². The van der Waals surface area contributed by atoms with Gasteiger partial charge in [0.2, 0.25) is 5.91 Å². The van der Waals surface area contributed by atoms with E-state index in [0.717, 1.165) is 25.5 Å². The third kappa shape index (κ3) is 3.50. The summed E-state index contributed by atoms with van der Waals surface area (Å²) in [6.07, 6.45) is 4.77. The Hall–Kier alpha value is -1.49. The van der Waals surface area contributed by atoms with Crippen molar-refractivity contribution >= 4 is 5.91 Å². The molecule has 5 heteroatoms. The van der Waals surface area contributed by atoms with Crippen molar-refractivity contribution in [3.05, 3.63) is 29.8 Å². The number of nitrogens with zero attached hydrogens (tertiary/aromatic N) is 1. The highest BCUT2D eigenvalue weighted by atomic mass is 19.1. The van der Waals surface area contributed by atoms with Crippen molar-refractivity contribution in [2.45, 2.75) is 38.3 Å². The largest absolute Gasteiger partial charge is 0.350 e. The number of halogens is 1. The third-order valence-corrected chi connectivity index (χ3v) is 3.42. The summed E-state index contributed by atoms with van der Waals surface area (Å²) in [6, 6.07) is 3.05. The van der Waals surface area contributed by atoms with E-state index in [1.807, 2.05) is 0 Å². The maximum Gasteiger partial charge on any atom is 0.220 e. The molecule has 1 aromatic heterocycles. The molecule has 18 heavy (non-hydrogen) atoms. The summed E-state index contributed by atoms with van der Waals surface area (Å²) in [5, 5.41) is 2.79. The number of aromatic nitrogens is 1. The molecule has 0 bridgehead atoms. The van der Waals surface area contributed by atoms with Crippen LogP contribution in [0.1, 0.15) is 31.4 Å². The van der Waals surface area contributed by atoms with Gasteiger partial charge in [-0.25, -0.2) is 4.39 Å². The maximum atomic E-state index is 12.6. The molecule has 4 nitrogen and oxygen atoms in total. The topological polar surface area (TPSA) is 68.0 Å². The molecule has 1 aromatic rings. The Morgan fingerprint density at radius 2 is 2.33 bits per heavy atom. The van der Waals surface area contributed by atoms with Gasteiger partial charge in [-0.05, 0) is 30.9 Å². The highest BCUT2D eigenvalue weighted by Crippen LogP contribution is 2.26. The Morgan fingerprint density at radius 1 is 1.50 bits per heavy atom. The molecule has 1 heterocycles. The molecule has 0 unspecified atom stereocenters. The molecular weight excluding hydrogens is 233 g/mol. The summed E-state index contributed by atoms with van der Waals surface area (Å²) in [6.45, 7) is 0.334. The fourth-order valence-corrected chi connectivity index (χ4v) is 2.33. The van der Waals surface area contributed by atoms with E-state index in [0.29, 0.717) is 24.6 Å². The normalized spacial score (nSPS) is 23.0. The van der Waals surface area contributed by atoms with E-state index < -0.39 is 0 Å². The van der Waals surface area contributed by atoms with E-state index in [9.17, 15) is 9.18 Å². The van der Waals surface area contributed by atoms with Gasteiger partial charge in [0.15, 0.2) is 0 Å². The van der Waals surface area contributed by atoms with E-state index in [1.165, 1.54) is 6.07 Å². The lowest BCUT2D eigenvalue weighted by atomic mass is 10.00. The first-order valence-corrected chi connectivity index (χ1v) is 6.28. The van der Waals surface area contributed by atoms with Gasteiger partial charge in [-0.2, -0.15) is 0 Å². The number of hydrogen-bond donors (Lipinski definition) is 2. The van der Waals surface area contributed by atoms with Gasteiger partial charge in [-0.1, -0.05) is 6.42 Å². The molecule has 1 amide bonds. The predicted octanol–water partition coefficient (Wildman–Crippen LogP) is 1.35. The zero-order valence-corrected chi connectivity index (χ0v) is 10.2. The lowest BCUT2D eigenvalue weighted by Crippen LogP contribution is -2.31. The number of hydrogen-bond acceptors (Lipinski definition) is 3. The molecule has 0 saturated heterocycles. The Balaban J connectivity index is 1.76. The number of nitrogens with one attached hydrogen (secondary N) is 1. The third-order valence-electron chi connectivity index (χ3n) is 3.42. The van der Waals surface area contributed by atoms with Crippen molar-refractivity contribution in [1.29, 1.82) is 0 Å². The molecule has 1 aliphatic rings. The minimum atomic E-state index is -0.373. The van der Waals surface area contributed by atoms with Crippen LogP contribution in [0.5, 0.6) is 0 Å². The zero-order valence-electron chi connectivity index (χ0n) is 10.2. The van der Waals surface area contributed by atoms with Gasteiger partial charge in [-0.3, -0.25) is 9.78 Å². The Morgan fingerprint density at radius 3 is 2.94 bits per heavy atom. The van der Waals surface area contributed by atoms with Gasteiger partial charge < -0.3 is 11.1 Å². The Bertz CT molecular complexity index is 407. The number of rotatable bonds is 4. The number of nitrogens with two attached hydrogens (primary N) is 1. The van der Waals surface area contributed by atoms with Crippen molar-refractivity contribution in [2.24, 2.45) is 11.7 Å². The van der Waals surface area contributed by atoms with Crippen molar-refractivity contribution < 1.29 is 9.18 Å². The highest BCUT2D eigenvalue weighted by molar-refractivity contribution is 5.76. The van der Waals surface area contributed by atoms with Gasteiger partial charge in [0.1, 0.15) is 5.82 Å². The van der Waals surface area contributed by atoms with Gasteiger partial charge in [0, 0.05) is 12.5 Å².